The molecule has 0 amide bonds. The van der Waals surface area contributed by atoms with Crippen LogP contribution in [0.2, 0.25) is 0 Å². The molecule has 0 radical (unpaired) electrons. The van der Waals surface area contributed by atoms with Gasteiger partial charge in [-0.25, -0.2) is 0 Å². The molecular formula is C25H30N2O4. The van der Waals surface area contributed by atoms with Crippen LogP contribution in [0.15, 0.2) is 48.5 Å². The monoisotopic (exact) mass is 422 g/mol. The van der Waals surface area contributed by atoms with E-state index in [2.05, 4.69) is 6.07 Å². The van der Waals surface area contributed by atoms with Crippen LogP contribution in [0.25, 0.3) is 0 Å². The highest BCUT2D eigenvalue weighted by Gasteiger charge is 2.46. The third-order valence-corrected chi connectivity index (χ3v) is 5.22. The molecule has 3 rings (SSSR count). The number of rotatable bonds is 5. The third kappa shape index (κ3) is 5.43. The predicted octanol–water partition coefficient (Wildman–Crippen LogP) is 3.98. The van der Waals surface area contributed by atoms with Crippen molar-refractivity contribution in [1.29, 1.82) is 5.26 Å². The molecule has 0 aromatic heterocycles. The Hall–Kier alpha value is -2.88. The van der Waals surface area contributed by atoms with Crippen molar-refractivity contribution < 1.29 is 19.4 Å². The SMILES string of the molecule is CC(C)(C)OC(=O)CN(Cc1ccccc1)[C@H]1c2cc(C#N)ccc2OC(C)(C)[C@@H]1O. The molecule has 31 heavy (non-hydrogen) atoms. The van der Waals surface area contributed by atoms with E-state index in [9.17, 15) is 15.2 Å². The molecule has 1 N–H and O–H groups in total. The average Bonchev–Trinajstić information content (AvgIpc) is 2.67. The molecule has 164 valence electrons. The molecule has 0 bridgehead atoms. The van der Waals surface area contributed by atoms with Crippen LogP contribution in [-0.2, 0) is 16.1 Å². The lowest BCUT2D eigenvalue weighted by atomic mass is 9.84. The van der Waals surface area contributed by atoms with Gasteiger partial charge in [-0.3, -0.25) is 9.69 Å². The van der Waals surface area contributed by atoms with E-state index in [1.54, 1.807) is 18.2 Å². The first-order chi connectivity index (χ1) is 14.5. The largest absolute Gasteiger partial charge is 0.485 e. The molecule has 1 heterocycles. The molecule has 0 saturated heterocycles. The van der Waals surface area contributed by atoms with E-state index < -0.39 is 23.3 Å². The standard InChI is InChI=1S/C25H30N2O4/c1-24(2,3)31-21(28)16-27(15-17-9-7-6-8-10-17)22-19-13-18(14-26)11-12-20(19)30-25(4,5)23(22)29/h6-13,22-23,29H,15-16H2,1-5H3/t22-,23+/m0/s1. The van der Waals surface area contributed by atoms with Crippen molar-refractivity contribution in [3.63, 3.8) is 0 Å². The smallest absolute Gasteiger partial charge is 0.320 e. The van der Waals surface area contributed by atoms with Crippen molar-refractivity contribution in [3.05, 3.63) is 65.2 Å². The summed E-state index contributed by atoms with van der Waals surface area (Å²) in [7, 11) is 0. The zero-order valence-electron chi connectivity index (χ0n) is 18.8. The van der Waals surface area contributed by atoms with E-state index in [4.69, 9.17) is 9.47 Å². The molecule has 0 aliphatic carbocycles. The molecule has 0 fully saturated rings. The first kappa shape index (κ1) is 22.8. The molecule has 2 aromatic rings. The van der Waals surface area contributed by atoms with Gasteiger partial charge in [0.15, 0.2) is 0 Å². The topological polar surface area (TPSA) is 82.8 Å². The minimum Gasteiger partial charge on any atom is -0.485 e. The molecule has 6 nitrogen and oxygen atoms in total. The Morgan fingerprint density at radius 1 is 1.23 bits per heavy atom. The summed E-state index contributed by atoms with van der Waals surface area (Å²) in [5, 5.41) is 20.7. The summed E-state index contributed by atoms with van der Waals surface area (Å²) >= 11 is 0. The van der Waals surface area contributed by atoms with Crippen LogP contribution >= 0.6 is 0 Å². The van der Waals surface area contributed by atoms with Crippen LogP contribution in [0.1, 0.15) is 57.4 Å². The maximum absolute atomic E-state index is 12.8. The van der Waals surface area contributed by atoms with Crippen LogP contribution in [0.5, 0.6) is 5.75 Å². The second-order valence-electron chi connectivity index (χ2n) is 9.44. The number of aliphatic hydroxyl groups excluding tert-OH is 1. The number of benzene rings is 2. The van der Waals surface area contributed by atoms with Crippen molar-refractivity contribution in [1.82, 2.24) is 4.90 Å². The number of nitrogens with zero attached hydrogens (tertiary/aromatic N) is 2. The number of hydrogen-bond donors (Lipinski definition) is 1. The molecule has 0 saturated carbocycles. The molecular weight excluding hydrogens is 392 g/mol. The summed E-state index contributed by atoms with van der Waals surface area (Å²) in [5.41, 5.74) is 0.658. The van der Waals surface area contributed by atoms with Gasteiger partial charge >= 0.3 is 5.97 Å². The second kappa shape index (κ2) is 8.70. The fraction of sp³-hybridized carbons (Fsp3) is 0.440. The highest BCUT2D eigenvalue weighted by atomic mass is 16.6. The predicted molar refractivity (Wildman–Crippen MR) is 117 cm³/mol. The van der Waals surface area contributed by atoms with Gasteiger partial charge in [-0.2, -0.15) is 5.26 Å². The minimum atomic E-state index is -0.930. The number of nitriles is 1. The highest BCUT2D eigenvalue weighted by Crippen LogP contribution is 2.43. The van der Waals surface area contributed by atoms with Gasteiger partial charge in [-0.15, -0.1) is 0 Å². The van der Waals surface area contributed by atoms with Crippen molar-refractivity contribution in [2.75, 3.05) is 6.54 Å². The normalized spacial score (nSPS) is 19.8. The first-order valence-corrected chi connectivity index (χ1v) is 10.4. The zero-order valence-corrected chi connectivity index (χ0v) is 18.8. The summed E-state index contributed by atoms with van der Waals surface area (Å²) in [5.74, 6) is 0.222. The van der Waals surface area contributed by atoms with Crippen LogP contribution in [-0.4, -0.2) is 39.8 Å². The van der Waals surface area contributed by atoms with Gasteiger partial charge < -0.3 is 14.6 Å². The Balaban J connectivity index is 2.05. The van der Waals surface area contributed by atoms with Gasteiger partial charge in [0.25, 0.3) is 0 Å². The van der Waals surface area contributed by atoms with Gasteiger partial charge in [0.2, 0.25) is 0 Å². The van der Waals surface area contributed by atoms with E-state index in [0.29, 0.717) is 23.4 Å². The fourth-order valence-corrected chi connectivity index (χ4v) is 3.84. The Morgan fingerprint density at radius 3 is 2.52 bits per heavy atom. The number of aliphatic hydroxyl groups is 1. The number of hydrogen-bond acceptors (Lipinski definition) is 6. The summed E-state index contributed by atoms with van der Waals surface area (Å²) in [6, 6.07) is 16.5. The maximum atomic E-state index is 12.8. The summed E-state index contributed by atoms with van der Waals surface area (Å²) in [6.07, 6.45) is -0.930. The molecule has 2 atom stereocenters. The minimum absolute atomic E-state index is 0.0137. The average molecular weight is 423 g/mol. The molecule has 6 heteroatoms. The van der Waals surface area contributed by atoms with E-state index >= 15 is 0 Å². The van der Waals surface area contributed by atoms with E-state index in [1.165, 1.54) is 0 Å². The highest BCUT2D eigenvalue weighted by molar-refractivity contribution is 5.72. The number of ether oxygens (including phenoxy) is 2. The van der Waals surface area contributed by atoms with Gasteiger partial charge in [-0.05, 0) is 58.4 Å². The third-order valence-electron chi connectivity index (χ3n) is 5.22. The van der Waals surface area contributed by atoms with E-state index in [-0.39, 0.29) is 12.5 Å². The lowest BCUT2D eigenvalue weighted by Crippen LogP contribution is -2.54. The van der Waals surface area contributed by atoms with Crippen molar-refractivity contribution in [2.45, 2.75) is 64.5 Å². The number of esters is 1. The summed E-state index contributed by atoms with van der Waals surface area (Å²) in [6.45, 7) is 9.53. The zero-order chi connectivity index (χ0) is 22.8. The van der Waals surface area contributed by atoms with Crippen molar-refractivity contribution in [3.8, 4) is 11.8 Å². The quantitative estimate of drug-likeness (QED) is 0.734. The second-order valence-corrected chi connectivity index (χ2v) is 9.44. The lowest BCUT2D eigenvalue weighted by molar-refractivity contribution is -0.160. The van der Waals surface area contributed by atoms with E-state index in [1.807, 2.05) is 69.9 Å². The lowest BCUT2D eigenvalue weighted by Gasteiger charge is -2.46. The summed E-state index contributed by atoms with van der Waals surface area (Å²) in [4.78, 5) is 14.7. The van der Waals surface area contributed by atoms with E-state index in [0.717, 1.165) is 5.56 Å². The van der Waals surface area contributed by atoms with Crippen molar-refractivity contribution >= 4 is 5.97 Å². The van der Waals surface area contributed by atoms with Gasteiger partial charge in [-0.1, -0.05) is 30.3 Å². The van der Waals surface area contributed by atoms with Crippen LogP contribution in [0, 0.1) is 11.3 Å². The number of carbonyl (C=O) groups excluding carboxylic acids is 1. The van der Waals surface area contributed by atoms with Crippen LogP contribution < -0.4 is 4.74 Å². The molecule has 0 spiro atoms. The van der Waals surface area contributed by atoms with Crippen LogP contribution in [0.4, 0.5) is 0 Å². The van der Waals surface area contributed by atoms with Gasteiger partial charge in [0, 0.05) is 12.1 Å². The molecule has 1 aliphatic heterocycles. The maximum Gasteiger partial charge on any atom is 0.320 e. The number of carbonyl (C=O) groups is 1. The van der Waals surface area contributed by atoms with Crippen LogP contribution in [0.3, 0.4) is 0 Å². The van der Waals surface area contributed by atoms with Gasteiger partial charge in [0.05, 0.1) is 24.2 Å². The summed E-state index contributed by atoms with van der Waals surface area (Å²) < 4.78 is 11.6. The Labute approximate surface area is 184 Å². The Bertz CT molecular complexity index is 973. The van der Waals surface area contributed by atoms with Gasteiger partial charge in [0.1, 0.15) is 23.1 Å². The number of fused-ring (bicyclic) bond motifs is 1. The first-order valence-electron chi connectivity index (χ1n) is 10.4. The Morgan fingerprint density at radius 2 is 1.90 bits per heavy atom. The van der Waals surface area contributed by atoms with Crippen molar-refractivity contribution in [2.24, 2.45) is 0 Å². The molecule has 0 unspecified atom stereocenters. The fourth-order valence-electron chi connectivity index (χ4n) is 3.84. The molecule has 2 aromatic carbocycles. The molecule has 1 aliphatic rings. The Kier molecular flexibility index (Phi) is 6.40.